The van der Waals surface area contributed by atoms with Crippen molar-refractivity contribution in [1.82, 2.24) is 4.90 Å². The van der Waals surface area contributed by atoms with Gasteiger partial charge in [-0.2, -0.15) is 0 Å². The summed E-state index contributed by atoms with van der Waals surface area (Å²) in [6.45, 7) is 0.956. The van der Waals surface area contributed by atoms with Crippen LogP contribution in [-0.2, 0) is 6.42 Å². The number of hydrogen-bond acceptors (Lipinski definition) is 3. The molecular weight excluding hydrogens is 216 g/mol. The highest BCUT2D eigenvalue weighted by molar-refractivity contribution is 5.85. The summed E-state index contributed by atoms with van der Waals surface area (Å²) < 4.78 is 0. The molecule has 0 radical (unpaired) electrons. The van der Waals surface area contributed by atoms with Crippen molar-refractivity contribution in [1.29, 1.82) is 0 Å². The van der Waals surface area contributed by atoms with Crippen molar-refractivity contribution >= 4 is 18.1 Å². The SMILES string of the molecule is CN(C)CCc1ccc([N+](=O)[O-])cc1.Cl. The average Bonchev–Trinajstić information content (AvgIpc) is 2.15. The predicted molar refractivity (Wildman–Crippen MR) is 62.6 cm³/mol. The Bertz CT molecular complexity index is 312. The molecule has 1 aromatic rings. The third-order valence-corrected chi connectivity index (χ3v) is 1.99. The Hall–Kier alpha value is -1.13. The van der Waals surface area contributed by atoms with Gasteiger partial charge in [-0.05, 0) is 26.1 Å². The fraction of sp³-hybridized carbons (Fsp3) is 0.400. The van der Waals surface area contributed by atoms with Gasteiger partial charge in [0.05, 0.1) is 4.92 Å². The van der Waals surface area contributed by atoms with Gasteiger partial charge in [0.25, 0.3) is 5.69 Å². The van der Waals surface area contributed by atoms with Crippen molar-refractivity contribution < 1.29 is 4.92 Å². The summed E-state index contributed by atoms with van der Waals surface area (Å²) in [6, 6.07) is 6.71. The molecule has 0 N–H and O–H groups in total. The van der Waals surface area contributed by atoms with Gasteiger partial charge in [0.15, 0.2) is 0 Å². The van der Waals surface area contributed by atoms with E-state index in [1.807, 2.05) is 26.2 Å². The highest BCUT2D eigenvalue weighted by atomic mass is 35.5. The molecule has 5 heteroatoms. The van der Waals surface area contributed by atoms with E-state index in [-0.39, 0.29) is 23.0 Å². The minimum atomic E-state index is -0.379. The molecule has 0 saturated carbocycles. The molecule has 0 fully saturated rings. The van der Waals surface area contributed by atoms with Crippen LogP contribution in [0.3, 0.4) is 0 Å². The van der Waals surface area contributed by atoms with Gasteiger partial charge in [-0.1, -0.05) is 12.1 Å². The van der Waals surface area contributed by atoms with Gasteiger partial charge in [0, 0.05) is 18.7 Å². The second-order valence-corrected chi connectivity index (χ2v) is 3.48. The first-order valence-corrected chi connectivity index (χ1v) is 4.47. The van der Waals surface area contributed by atoms with Crippen molar-refractivity contribution in [2.75, 3.05) is 20.6 Å². The second-order valence-electron chi connectivity index (χ2n) is 3.48. The van der Waals surface area contributed by atoms with Crippen LogP contribution in [0.15, 0.2) is 24.3 Å². The van der Waals surface area contributed by atoms with Gasteiger partial charge in [0.1, 0.15) is 0 Å². The lowest BCUT2D eigenvalue weighted by Gasteiger charge is -2.08. The zero-order valence-corrected chi connectivity index (χ0v) is 9.66. The van der Waals surface area contributed by atoms with E-state index in [0.717, 1.165) is 18.5 Å². The third-order valence-electron chi connectivity index (χ3n) is 1.99. The van der Waals surface area contributed by atoms with Crippen LogP contribution in [-0.4, -0.2) is 30.5 Å². The topological polar surface area (TPSA) is 46.4 Å². The van der Waals surface area contributed by atoms with Crippen molar-refractivity contribution in [2.45, 2.75) is 6.42 Å². The van der Waals surface area contributed by atoms with Gasteiger partial charge < -0.3 is 4.90 Å². The van der Waals surface area contributed by atoms with Gasteiger partial charge >= 0.3 is 0 Å². The molecule has 0 amide bonds. The van der Waals surface area contributed by atoms with Gasteiger partial charge in [0.2, 0.25) is 0 Å². The Balaban J connectivity index is 0.00000196. The summed E-state index contributed by atoms with van der Waals surface area (Å²) in [4.78, 5) is 12.1. The second kappa shape index (κ2) is 6.37. The minimum absolute atomic E-state index is 0. The molecule has 1 rings (SSSR count). The first-order chi connectivity index (χ1) is 6.59. The zero-order valence-electron chi connectivity index (χ0n) is 8.84. The Kier molecular flexibility index (Phi) is 5.89. The largest absolute Gasteiger partial charge is 0.309 e. The van der Waals surface area contributed by atoms with E-state index in [2.05, 4.69) is 4.90 Å². The van der Waals surface area contributed by atoms with E-state index in [1.54, 1.807) is 12.1 Å². The molecule has 0 heterocycles. The van der Waals surface area contributed by atoms with Crippen LogP contribution in [0, 0.1) is 10.1 Å². The molecule has 0 bridgehead atoms. The Morgan fingerprint density at radius 3 is 2.20 bits per heavy atom. The zero-order chi connectivity index (χ0) is 10.6. The maximum Gasteiger partial charge on any atom is 0.269 e. The molecule has 1 aromatic carbocycles. The molecular formula is C10H15ClN2O2. The summed E-state index contributed by atoms with van der Waals surface area (Å²) in [5, 5.41) is 10.4. The molecule has 84 valence electrons. The summed E-state index contributed by atoms with van der Waals surface area (Å²) in [5.74, 6) is 0. The fourth-order valence-corrected chi connectivity index (χ4v) is 1.14. The lowest BCUT2D eigenvalue weighted by atomic mass is 10.1. The highest BCUT2D eigenvalue weighted by Gasteiger charge is 2.03. The molecule has 0 aliphatic heterocycles. The van der Waals surface area contributed by atoms with Crippen LogP contribution in [0.4, 0.5) is 5.69 Å². The molecule has 15 heavy (non-hydrogen) atoms. The summed E-state index contributed by atoms with van der Waals surface area (Å²) >= 11 is 0. The molecule has 0 atom stereocenters. The number of halogens is 1. The normalized spacial score (nSPS) is 9.80. The number of nitro groups is 1. The van der Waals surface area contributed by atoms with Crippen molar-refractivity contribution in [2.24, 2.45) is 0 Å². The van der Waals surface area contributed by atoms with Crippen LogP contribution in [0.2, 0.25) is 0 Å². The standard InChI is InChI=1S/C10H14N2O2.ClH/c1-11(2)8-7-9-3-5-10(6-4-9)12(13)14;/h3-6H,7-8H2,1-2H3;1H. The van der Waals surface area contributed by atoms with E-state index in [0.29, 0.717) is 0 Å². The molecule has 0 unspecified atom stereocenters. The summed E-state index contributed by atoms with van der Waals surface area (Å²) in [7, 11) is 4.01. The first-order valence-electron chi connectivity index (χ1n) is 4.47. The maximum absolute atomic E-state index is 10.4. The van der Waals surface area contributed by atoms with Crippen LogP contribution in [0.25, 0.3) is 0 Å². The number of hydrogen-bond donors (Lipinski definition) is 0. The first kappa shape index (κ1) is 13.9. The van der Waals surface area contributed by atoms with Gasteiger partial charge in [-0.15, -0.1) is 12.4 Å². The molecule has 0 aliphatic carbocycles. The number of non-ortho nitro benzene ring substituents is 1. The summed E-state index contributed by atoms with van der Waals surface area (Å²) in [6.07, 6.45) is 0.922. The maximum atomic E-state index is 10.4. The lowest BCUT2D eigenvalue weighted by molar-refractivity contribution is -0.384. The van der Waals surface area contributed by atoms with Crippen LogP contribution >= 0.6 is 12.4 Å². The van der Waals surface area contributed by atoms with Crippen molar-refractivity contribution in [3.8, 4) is 0 Å². The minimum Gasteiger partial charge on any atom is -0.309 e. The number of rotatable bonds is 4. The smallest absolute Gasteiger partial charge is 0.269 e. The third kappa shape index (κ3) is 4.76. The van der Waals surface area contributed by atoms with E-state index >= 15 is 0 Å². The van der Waals surface area contributed by atoms with Crippen LogP contribution < -0.4 is 0 Å². The van der Waals surface area contributed by atoms with Crippen molar-refractivity contribution in [3.05, 3.63) is 39.9 Å². The fourth-order valence-electron chi connectivity index (χ4n) is 1.14. The van der Waals surface area contributed by atoms with Gasteiger partial charge in [-0.25, -0.2) is 0 Å². The molecule has 0 saturated heterocycles. The highest BCUT2D eigenvalue weighted by Crippen LogP contribution is 2.12. The number of likely N-dealkylation sites (N-methyl/N-ethyl adjacent to an activating group) is 1. The Morgan fingerprint density at radius 1 is 1.27 bits per heavy atom. The Morgan fingerprint density at radius 2 is 1.80 bits per heavy atom. The van der Waals surface area contributed by atoms with E-state index < -0.39 is 0 Å². The number of benzene rings is 1. The quantitative estimate of drug-likeness (QED) is 0.588. The van der Waals surface area contributed by atoms with Crippen LogP contribution in [0.5, 0.6) is 0 Å². The summed E-state index contributed by atoms with van der Waals surface area (Å²) in [5.41, 5.74) is 1.28. The van der Waals surface area contributed by atoms with E-state index in [9.17, 15) is 10.1 Å². The average molecular weight is 231 g/mol. The lowest BCUT2D eigenvalue weighted by Crippen LogP contribution is -2.14. The van der Waals surface area contributed by atoms with Crippen LogP contribution in [0.1, 0.15) is 5.56 Å². The monoisotopic (exact) mass is 230 g/mol. The number of nitrogens with zero attached hydrogens (tertiary/aromatic N) is 2. The van der Waals surface area contributed by atoms with E-state index in [4.69, 9.17) is 0 Å². The number of nitro benzene ring substituents is 1. The van der Waals surface area contributed by atoms with Crippen molar-refractivity contribution in [3.63, 3.8) is 0 Å². The molecule has 4 nitrogen and oxygen atoms in total. The molecule has 0 aliphatic rings. The molecule has 0 spiro atoms. The van der Waals surface area contributed by atoms with E-state index in [1.165, 1.54) is 0 Å². The Labute approximate surface area is 95.5 Å². The van der Waals surface area contributed by atoms with Gasteiger partial charge in [-0.3, -0.25) is 10.1 Å². The predicted octanol–water partition coefficient (Wildman–Crippen LogP) is 2.12. The molecule has 0 aromatic heterocycles.